The SMILES string of the molecule is Cc1cccc(CC(=O)N2CCCC2C2CCCC2O)c1. The number of aryl methyl sites for hydroxylation is 1. The van der Waals surface area contributed by atoms with Crippen LogP contribution in [0.2, 0.25) is 0 Å². The molecule has 1 aliphatic carbocycles. The normalized spacial score (nSPS) is 29.0. The van der Waals surface area contributed by atoms with Crippen molar-refractivity contribution in [2.75, 3.05) is 6.54 Å². The highest BCUT2D eigenvalue weighted by Crippen LogP contribution is 2.36. The second-order valence-corrected chi connectivity index (χ2v) is 6.62. The molecule has 1 saturated carbocycles. The van der Waals surface area contributed by atoms with E-state index in [2.05, 4.69) is 19.1 Å². The first-order chi connectivity index (χ1) is 10.1. The maximum absolute atomic E-state index is 12.6. The monoisotopic (exact) mass is 287 g/mol. The molecule has 0 spiro atoms. The number of benzene rings is 1. The molecule has 0 radical (unpaired) electrons. The number of nitrogens with zero attached hydrogens (tertiary/aromatic N) is 1. The summed E-state index contributed by atoms with van der Waals surface area (Å²) in [5.41, 5.74) is 2.29. The van der Waals surface area contributed by atoms with Crippen LogP contribution in [0.5, 0.6) is 0 Å². The van der Waals surface area contributed by atoms with Crippen LogP contribution in [0.15, 0.2) is 24.3 Å². The van der Waals surface area contributed by atoms with E-state index in [4.69, 9.17) is 0 Å². The molecule has 0 bridgehead atoms. The summed E-state index contributed by atoms with van der Waals surface area (Å²) < 4.78 is 0. The van der Waals surface area contributed by atoms with Crippen LogP contribution in [0.1, 0.15) is 43.2 Å². The molecule has 1 aliphatic heterocycles. The molecule has 1 N–H and O–H groups in total. The molecule has 0 aromatic heterocycles. The van der Waals surface area contributed by atoms with Gasteiger partial charge in [-0.15, -0.1) is 0 Å². The molecule has 3 atom stereocenters. The molecule has 3 unspecified atom stereocenters. The second-order valence-electron chi connectivity index (χ2n) is 6.62. The van der Waals surface area contributed by atoms with Crippen molar-refractivity contribution in [3.8, 4) is 0 Å². The number of carbonyl (C=O) groups excluding carboxylic acids is 1. The van der Waals surface area contributed by atoms with E-state index >= 15 is 0 Å². The minimum absolute atomic E-state index is 0.206. The Hall–Kier alpha value is -1.35. The van der Waals surface area contributed by atoms with Crippen LogP contribution in [0, 0.1) is 12.8 Å². The van der Waals surface area contributed by atoms with Gasteiger partial charge in [0.15, 0.2) is 0 Å². The first-order valence-corrected chi connectivity index (χ1v) is 8.18. The van der Waals surface area contributed by atoms with Crippen LogP contribution in [0.4, 0.5) is 0 Å². The van der Waals surface area contributed by atoms with Crippen molar-refractivity contribution in [3.05, 3.63) is 35.4 Å². The third-order valence-corrected chi connectivity index (χ3v) is 5.08. The van der Waals surface area contributed by atoms with Crippen molar-refractivity contribution in [2.24, 2.45) is 5.92 Å². The summed E-state index contributed by atoms with van der Waals surface area (Å²) >= 11 is 0. The summed E-state index contributed by atoms with van der Waals surface area (Å²) in [4.78, 5) is 14.7. The lowest BCUT2D eigenvalue weighted by Crippen LogP contribution is -2.43. The van der Waals surface area contributed by atoms with E-state index in [1.165, 1.54) is 5.56 Å². The Balaban J connectivity index is 1.68. The topological polar surface area (TPSA) is 40.5 Å². The van der Waals surface area contributed by atoms with Gasteiger partial charge >= 0.3 is 0 Å². The maximum atomic E-state index is 12.6. The fourth-order valence-electron chi connectivity index (χ4n) is 4.06. The highest BCUT2D eigenvalue weighted by molar-refractivity contribution is 5.79. The van der Waals surface area contributed by atoms with Gasteiger partial charge in [-0.05, 0) is 38.2 Å². The molecule has 1 aromatic carbocycles. The smallest absolute Gasteiger partial charge is 0.227 e. The van der Waals surface area contributed by atoms with Crippen LogP contribution >= 0.6 is 0 Å². The summed E-state index contributed by atoms with van der Waals surface area (Å²) in [5, 5.41) is 10.1. The van der Waals surface area contributed by atoms with Crippen LogP contribution in [-0.4, -0.2) is 34.6 Å². The van der Waals surface area contributed by atoms with Crippen molar-refractivity contribution >= 4 is 5.91 Å². The number of hydrogen-bond donors (Lipinski definition) is 1. The van der Waals surface area contributed by atoms with Crippen molar-refractivity contribution in [1.82, 2.24) is 4.90 Å². The molecule has 114 valence electrons. The summed E-state index contributed by atoms with van der Waals surface area (Å²) in [5.74, 6) is 0.524. The van der Waals surface area contributed by atoms with E-state index < -0.39 is 0 Å². The highest BCUT2D eigenvalue weighted by Gasteiger charge is 2.39. The zero-order valence-corrected chi connectivity index (χ0v) is 12.8. The zero-order chi connectivity index (χ0) is 14.8. The molecule has 3 rings (SSSR count). The van der Waals surface area contributed by atoms with E-state index in [9.17, 15) is 9.90 Å². The van der Waals surface area contributed by atoms with Crippen LogP contribution in [0.3, 0.4) is 0 Å². The number of amides is 1. The fourth-order valence-corrected chi connectivity index (χ4v) is 4.06. The Morgan fingerprint density at radius 2 is 2.14 bits per heavy atom. The van der Waals surface area contributed by atoms with Gasteiger partial charge in [0.25, 0.3) is 0 Å². The molecule has 1 heterocycles. The fraction of sp³-hybridized carbons (Fsp3) is 0.611. The summed E-state index contributed by atoms with van der Waals surface area (Å²) in [7, 11) is 0. The van der Waals surface area contributed by atoms with Gasteiger partial charge in [-0.1, -0.05) is 36.2 Å². The van der Waals surface area contributed by atoms with Crippen molar-refractivity contribution in [3.63, 3.8) is 0 Å². The lowest BCUT2D eigenvalue weighted by atomic mass is 9.93. The lowest BCUT2D eigenvalue weighted by Gasteiger charge is -2.31. The van der Waals surface area contributed by atoms with Gasteiger partial charge in [0.2, 0.25) is 5.91 Å². The maximum Gasteiger partial charge on any atom is 0.227 e. The number of rotatable bonds is 3. The summed E-state index contributed by atoms with van der Waals surface area (Å²) in [6.45, 7) is 2.92. The third kappa shape index (κ3) is 3.13. The Morgan fingerprint density at radius 3 is 2.86 bits per heavy atom. The molecule has 3 nitrogen and oxygen atoms in total. The predicted octanol–water partition coefficient (Wildman–Crippen LogP) is 2.69. The van der Waals surface area contributed by atoms with E-state index in [1.807, 2.05) is 17.0 Å². The number of hydrogen-bond acceptors (Lipinski definition) is 2. The molecule has 1 aromatic rings. The number of likely N-dealkylation sites (tertiary alicyclic amines) is 1. The molecular weight excluding hydrogens is 262 g/mol. The van der Waals surface area contributed by atoms with Crippen molar-refractivity contribution in [2.45, 2.75) is 57.6 Å². The molecule has 1 saturated heterocycles. The van der Waals surface area contributed by atoms with Gasteiger partial charge in [0, 0.05) is 18.5 Å². The largest absolute Gasteiger partial charge is 0.393 e. The Kier molecular flexibility index (Phi) is 4.29. The van der Waals surface area contributed by atoms with Crippen molar-refractivity contribution in [1.29, 1.82) is 0 Å². The van der Waals surface area contributed by atoms with Crippen LogP contribution in [0.25, 0.3) is 0 Å². The molecule has 2 fully saturated rings. The van der Waals surface area contributed by atoms with E-state index in [0.717, 1.165) is 44.2 Å². The predicted molar refractivity (Wildman–Crippen MR) is 83.0 cm³/mol. The van der Waals surface area contributed by atoms with Gasteiger partial charge in [-0.25, -0.2) is 0 Å². The highest BCUT2D eigenvalue weighted by atomic mass is 16.3. The van der Waals surface area contributed by atoms with Crippen molar-refractivity contribution < 1.29 is 9.90 Å². The second kappa shape index (κ2) is 6.18. The van der Waals surface area contributed by atoms with E-state index in [-0.39, 0.29) is 18.1 Å². The Morgan fingerprint density at radius 1 is 1.29 bits per heavy atom. The van der Waals surface area contributed by atoms with Crippen LogP contribution < -0.4 is 0 Å². The molecule has 2 aliphatic rings. The average molecular weight is 287 g/mol. The average Bonchev–Trinajstić information content (AvgIpc) is 3.06. The molecular formula is C18H25NO2. The Labute approximate surface area is 127 Å². The standard InChI is InChI=1S/C18H25NO2/c1-13-5-2-6-14(11-13)12-18(21)19-10-4-8-16(19)15-7-3-9-17(15)20/h2,5-6,11,15-17,20H,3-4,7-10,12H2,1H3. The lowest BCUT2D eigenvalue weighted by molar-refractivity contribution is -0.132. The van der Waals surface area contributed by atoms with Gasteiger partial charge < -0.3 is 10.0 Å². The first kappa shape index (κ1) is 14.6. The minimum Gasteiger partial charge on any atom is -0.393 e. The van der Waals surface area contributed by atoms with Crippen LogP contribution in [-0.2, 0) is 11.2 Å². The number of aliphatic hydroxyl groups is 1. The Bertz CT molecular complexity index is 514. The molecule has 1 amide bonds. The van der Waals surface area contributed by atoms with Gasteiger partial charge in [0.1, 0.15) is 0 Å². The summed E-state index contributed by atoms with van der Waals surface area (Å²) in [6, 6.07) is 8.45. The van der Waals surface area contributed by atoms with E-state index in [0.29, 0.717) is 12.3 Å². The quantitative estimate of drug-likeness (QED) is 0.928. The number of aliphatic hydroxyl groups excluding tert-OH is 1. The first-order valence-electron chi connectivity index (χ1n) is 8.18. The third-order valence-electron chi connectivity index (χ3n) is 5.08. The van der Waals surface area contributed by atoms with Gasteiger partial charge in [0.05, 0.1) is 12.5 Å². The molecule has 3 heteroatoms. The summed E-state index contributed by atoms with van der Waals surface area (Å²) in [6.07, 6.45) is 5.49. The van der Waals surface area contributed by atoms with Gasteiger partial charge in [-0.3, -0.25) is 4.79 Å². The zero-order valence-electron chi connectivity index (χ0n) is 12.8. The minimum atomic E-state index is -0.206. The molecule has 21 heavy (non-hydrogen) atoms. The van der Waals surface area contributed by atoms with Gasteiger partial charge in [-0.2, -0.15) is 0 Å². The number of carbonyl (C=O) groups is 1. The van der Waals surface area contributed by atoms with E-state index in [1.54, 1.807) is 0 Å².